The number of rotatable bonds is 7. The molecule has 0 N–H and O–H groups in total. The van der Waals surface area contributed by atoms with Crippen LogP contribution in [0.3, 0.4) is 0 Å². The number of hydrogen-bond donors (Lipinski definition) is 0. The van der Waals surface area contributed by atoms with Gasteiger partial charge in [0.15, 0.2) is 0 Å². The third-order valence-corrected chi connectivity index (χ3v) is 1.66. The van der Waals surface area contributed by atoms with Crippen LogP contribution in [0.4, 0.5) is 0 Å². The average Bonchev–Trinajstić information content (AvgIpc) is 2.12. The predicted octanol–water partition coefficient (Wildman–Crippen LogP) is 2.14. The predicted molar refractivity (Wildman–Crippen MR) is 51.6 cm³/mol. The summed E-state index contributed by atoms with van der Waals surface area (Å²) in [5.74, 6) is -0.117. The zero-order valence-corrected chi connectivity index (χ0v) is 8.84. The highest BCUT2D eigenvalue weighted by atomic mass is 16.6. The number of ether oxygens (including phenoxy) is 2. The largest absolute Gasteiger partial charge is 0.463 e. The quantitative estimate of drug-likeness (QED) is 0.574. The molecule has 0 amide bonds. The first-order chi connectivity index (χ1) is 6.20. The number of carbonyl (C=O) groups is 1. The molecule has 3 nitrogen and oxygen atoms in total. The van der Waals surface area contributed by atoms with Gasteiger partial charge in [0.2, 0.25) is 0 Å². The number of esters is 1. The highest BCUT2D eigenvalue weighted by molar-refractivity contribution is 5.69. The van der Waals surface area contributed by atoms with Gasteiger partial charge in [-0.25, -0.2) is 0 Å². The molecular weight excluding hydrogens is 168 g/mol. The molecular formula is C10H20O3. The molecule has 0 aromatic carbocycles. The van der Waals surface area contributed by atoms with E-state index in [2.05, 4.69) is 6.92 Å². The molecule has 0 bridgehead atoms. The van der Waals surface area contributed by atoms with Crippen LogP contribution in [0.15, 0.2) is 0 Å². The monoisotopic (exact) mass is 188 g/mol. The van der Waals surface area contributed by atoms with Gasteiger partial charge in [-0.3, -0.25) is 4.79 Å². The van der Waals surface area contributed by atoms with E-state index in [-0.39, 0.29) is 12.1 Å². The maximum Gasteiger partial charge on any atom is 0.305 e. The molecule has 1 unspecified atom stereocenters. The van der Waals surface area contributed by atoms with Crippen molar-refractivity contribution in [1.29, 1.82) is 0 Å². The highest BCUT2D eigenvalue weighted by Crippen LogP contribution is 1.98. The van der Waals surface area contributed by atoms with Crippen molar-refractivity contribution in [2.75, 3.05) is 13.2 Å². The minimum Gasteiger partial charge on any atom is -0.463 e. The number of carbonyl (C=O) groups excluding carboxylic acids is 1. The normalized spacial score (nSPS) is 12.5. The topological polar surface area (TPSA) is 35.5 Å². The Balaban J connectivity index is 3.34. The van der Waals surface area contributed by atoms with Crippen molar-refractivity contribution in [3.63, 3.8) is 0 Å². The Hall–Kier alpha value is -0.570. The van der Waals surface area contributed by atoms with Crippen LogP contribution in [0, 0.1) is 0 Å². The summed E-state index contributed by atoms with van der Waals surface area (Å²) in [5, 5.41) is 0. The van der Waals surface area contributed by atoms with Crippen molar-refractivity contribution >= 4 is 5.97 Å². The third kappa shape index (κ3) is 7.78. The Morgan fingerprint density at radius 2 is 2.08 bits per heavy atom. The number of unbranched alkanes of at least 4 members (excludes halogenated alkanes) is 1. The molecule has 0 saturated heterocycles. The summed E-state index contributed by atoms with van der Waals surface area (Å²) in [6, 6.07) is 0. The Morgan fingerprint density at radius 1 is 1.38 bits per heavy atom. The van der Waals surface area contributed by atoms with Gasteiger partial charge < -0.3 is 9.47 Å². The van der Waals surface area contributed by atoms with Crippen LogP contribution in [0.1, 0.15) is 40.0 Å². The molecule has 0 radical (unpaired) electrons. The summed E-state index contributed by atoms with van der Waals surface area (Å²) in [6.45, 7) is 6.91. The van der Waals surface area contributed by atoms with Crippen molar-refractivity contribution in [1.82, 2.24) is 0 Å². The maximum atomic E-state index is 11.0. The molecule has 0 aromatic heterocycles. The van der Waals surface area contributed by atoms with Crippen molar-refractivity contribution in [2.24, 2.45) is 0 Å². The summed E-state index contributed by atoms with van der Waals surface area (Å²) >= 11 is 0. The van der Waals surface area contributed by atoms with Gasteiger partial charge in [0.05, 0.1) is 6.10 Å². The molecule has 0 aliphatic heterocycles. The van der Waals surface area contributed by atoms with Crippen LogP contribution in [0.2, 0.25) is 0 Å². The van der Waals surface area contributed by atoms with Gasteiger partial charge in [-0.15, -0.1) is 0 Å². The zero-order chi connectivity index (χ0) is 10.1. The second-order valence-corrected chi connectivity index (χ2v) is 3.05. The molecule has 0 spiro atoms. The fourth-order valence-corrected chi connectivity index (χ4v) is 0.936. The minimum atomic E-state index is -0.117. The SMILES string of the molecule is CCCCC(=O)OCC(C)OCC. The van der Waals surface area contributed by atoms with E-state index < -0.39 is 0 Å². The van der Waals surface area contributed by atoms with Crippen molar-refractivity contribution in [2.45, 2.75) is 46.1 Å². The van der Waals surface area contributed by atoms with Gasteiger partial charge in [0.25, 0.3) is 0 Å². The first-order valence-corrected chi connectivity index (χ1v) is 4.97. The van der Waals surface area contributed by atoms with Crippen LogP contribution < -0.4 is 0 Å². The Labute approximate surface area is 80.4 Å². The van der Waals surface area contributed by atoms with Crippen LogP contribution >= 0.6 is 0 Å². The summed E-state index contributed by atoms with van der Waals surface area (Å²) in [4.78, 5) is 11.0. The molecule has 0 fully saturated rings. The lowest BCUT2D eigenvalue weighted by molar-refractivity contribution is -0.147. The zero-order valence-electron chi connectivity index (χ0n) is 8.84. The van der Waals surface area contributed by atoms with E-state index in [9.17, 15) is 4.79 Å². The Kier molecular flexibility index (Phi) is 7.69. The van der Waals surface area contributed by atoms with Crippen LogP contribution in [0.25, 0.3) is 0 Å². The summed E-state index contributed by atoms with van der Waals surface area (Å²) in [7, 11) is 0. The summed E-state index contributed by atoms with van der Waals surface area (Å²) in [5.41, 5.74) is 0. The van der Waals surface area contributed by atoms with Gasteiger partial charge >= 0.3 is 5.97 Å². The van der Waals surface area contributed by atoms with E-state index in [0.717, 1.165) is 12.8 Å². The van der Waals surface area contributed by atoms with E-state index in [1.165, 1.54) is 0 Å². The molecule has 1 atom stereocenters. The summed E-state index contributed by atoms with van der Waals surface area (Å²) in [6.07, 6.45) is 2.46. The highest BCUT2D eigenvalue weighted by Gasteiger charge is 2.05. The van der Waals surface area contributed by atoms with E-state index in [1.807, 2.05) is 13.8 Å². The lowest BCUT2D eigenvalue weighted by Gasteiger charge is -2.11. The summed E-state index contributed by atoms with van der Waals surface area (Å²) < 4.78 is 10.2. The fraction of sp³-hybridized carbons (Fsp3) is 0.900. The molecule has 3 heteroatoms. The lowest BCUT2D eigenvalue weighted by atomic mass is 10.2. The van der Waals surface area contributed by atoms with Crippen LogP contribution in [-0.4, -0.2) is 25.3 Å². The average molecular weight is 188 g/mol. The first-order valence-electron chi connectivity index (χ1n) is 4.97. The third-order valence-electron chi connectivity index (χ3n) is 1.66. The molecule has 0 saturated carbocycles. The molecule has 78 valence electrons. The second kappa shape index (κ2) is 8.05. The van der Waals surface area contributed by atoms with E-state index in [1.54, 1.807) is 0 Å². The molecule has 0 aliphatic rings. The Bertz CT molecular complexity index is 134. The van der Waals surface area contributed by atoms with Gasteiger partial charge in [0.1, 0.15) is 6.61 Å². The van der Waals surface area contributed by atoms with Crippen LogP contribution in [0.5, 0.6) is 0 Å². The van der Waals surface area contributed by atoms with Gasteiger partial charge in [-0.1, -0.05) is 13.3 Å². The van der Waals surface area contributed by atoms with Crippen molar-refractivity contribution < 1.29 is 14.3 Å². The lowest BCUT2D eigenvalue weighted by Crippen LogP contribution is -2.18. The molecule has 0 rings (SSSR count). The standard InChI is InChI=1S/C10H20O3/c1-4-6-7-10(11)13-8-9(3)12-5-2/h9H,4-8H2,1-3H3. The fourth-order valence-electron chi connectivity index (χ4n) is 0.936. The maximum absolute atomic E-state index is 11.0. The van der Waals surface area contributed by atoms with Crippen molar-refractivity contribution in [3.8, 4) is 0 Å². The van der Waals surface area contributed by atoms with E-state index >= 15 is 0 Å². The second-order valence-electron chi connectivity index (χ2n) is 3.05. The Morgan fingerprint density at radius 3 is 2.62 bits per heavy atom. The first kappa shape index (κ1) is 12.4. The van der Waals surface area contributed by atoms with Crippen LogP contribution in [-0.2, 0) is 14.3 Å². The molecule has 0 heterocycles. The molecule has 13 heavy (non-hydrogen) atoms. The minimum absolute atomic E-state index is 0.00979. The molecule has 0 aromatic rings. The van der Waals surface area contributed by atoms with Gasteiger partial charge in [-0.2, -0.15) is 0 Å². The van der Waals surface area contributed by atoms with E-state index in [4.69, 9.17) is 9.47 Å². The van der Waals surface area contributed by atoms with Gasteiger partial charge in [0, 0.05) is 13.0 Å². The molecule has 0 aliphatic carbocycles. The smallest absolute Gasteiger partial charge is 0.305 e. The van der Waals surface area contributed by atoms with Gasteiger partial charge in [-0.05, 0) is 20.3 Å². The van der Waals surface area contributed by atoms with E-state index in [0.29, 0.717) is 19.6 Å². The van der Waals surface area contributed by atoms with Crippen molar-refractivity contribution in [3.05, 3.63) is 0 Å². The number of hydrogen-bond acceptors (Lipinski definition) is 3.